The van der Waals surface area contributed by atoms with E-state index in [1.165, 1.54) is 0 Å². The number of nitrogens with zero attached hydrogens (tertiary/aromatic N) is 2. The summed E-state index contributed by atoms with van der Waals surface area (Å²) in [6, 6.07) is 17.4. The molecule has 1 aliphatic heterocycles. The number of halogens is 1. The Morgan fingerprint density at radius 1 is 1.17 bits per heavy atom. The van der Waals surface area contributed by atoms with E-state index in [-0.39, 0.29) is 18.0 Å². The highest BCUT2D eigenvalue weighted by molar-refractivity contribution is 9.10. The van der Waals surface area contributed by atoms with Crippen LogP contribution < -0.4 is 20.7 Å². The van der Waals surface area contributed by atoms with E-state index in [9.17, 15) is 4.79 Å². The van der Waals surface area contributed by atoms with Crippen molar-refractivity contribution in [1.82, 2.24) is 20.6 Å². The van der Waals surface area contributed by atoms with E-state index in [2.05, 4.69) is 41.8 Å². The average molecular weight is 554 g/mol. The van der Waals surface area contributed by atoms with Crippen LogP contribution >= 0.6 is 27.3 Å². The third-order valence-electron chi connectivity index (χ3n) is 5.58. The number of carbonyl (C=O) groups is 1. The van der Waals surface area contributed by atoms with Gasteiger partial charge in [-0.15, -0.1) is 0 Å². The lowest BCUT2D eigenvalue weighted by Gasteiger charge is -2.12. The largest absolute Gasteiger partial charge is 0.457 e. The SMILES string of the molecule is COC[C@H]1C[C@@H](NC(=O)c2cc(Oc3ccc4sc(Nc5ccc(Br)cc5)nc4c3)ccn2)CN1. The van der Waals surface area contributed by atoms with Crippen LogP contribution in [0.15, 0.2) is 65.3 Å². The van der Waals surface area contributed by atoms with Crippen LogP contribution in [0.2, 0.25) is 0 Å². The molecule has 0 saturated carbocycles. The topological polar surface area (TPSA) is 97.4 Å². The lowest BCUT2D eigenvalue weighted by molar-refractivity contribution is 0.0933. The number of fused-ring (bicyclic) bond motifs is 1. The van der Waals surface area contributed by atoms with Crippen molar-refractivity contribution in [3.63, 3.8) is 0 Å². The summed E-state index contributed by atoms with van der Waals surface area (Å²) in [5, 5.41) is 10.5. The van der Waals surface area contributed by atoms with Gasteiger partial charge in [0.25, 0.3) is 5.91 Å². The van der Waals surface area contributed by atoms with Crippen LogP contribution in [0.25, 0.3) is 10.2 Å². The maximum absolute atomic E-state index is 12.7. The molecule has 0 bridgehead atoms. The number of ether oxygens (including phenoxy) is 2. The van der Waals surface area contributed by atoms with Crippen LogP contribution in [0, 0.1) is 0 Å². The number of amides is 1. The zero-order valence-corrected chi connectivity index (χ0v) is 21.4. The van der Waals surface area contributed by atoms with E-state index in [1.807, 2.05) is 42.5 Å². The van der Waals surface area contributed by atoms with Gasteiger partial charge in [-0.3, -0.25) is 9.78 Å². The van der Waals surface area contributed by atoms with Crippen molar-refractivity contribution in [2.24, 2.45) is 0 Å². The Kier molecular flexibility index (Phi) is 7.24. The first-order valence-electron chi connectivity index (χ1n) is 11.2. The second-order valence-corrected chi connectivity index (χ2v) is 10.2. The minimum atomic E-state index is -0.223. The molecule has 35 heavy (non-hydrogen) atoms. The van der Waals surface area contributed by atoms with Gasteiger partial charge in [-0.05, 0) is 48.9 Å². The van der Waals surface area contributed by atoms with Crippen molar-refractivity contribution in [3.8, 4) is 11.5 Å². The van der Waals surface area contributed by atoms with Gasteiger partial charge in [-0.1, -0.05) is 27.3 Å². The molecule has 4 aromatic rings. The minimum Gasteiger partial charge on any atom is -0.457 e. The van der Waals surface area contributed by atoms with Crippen molar-refractivity contribution >= 4 is 54.2 Å². The molecule has 2 aromatic carbocycles. The average Bonchev–Trinajstić information content (AvgIpc) is 3.46. The molecule has 180 valence electrons. The summed E-state index contributed by atoms with van der Waals surface area (Å²) in [4.78, 5) is 21.6. The maximum Gasteiger partial charge on any atom is 0.270 e. The first-order chi connectivity index (χ1) is 17.1. The monoisotopic (exact) mass is 553 g/mol. The highest BCUT2D eigenvalue weighted by atomic mass is 79.9. The standard InChI is InChI=1S/C25H24BrN5O3S/c1-33-14-18-10-17(13-28-18)29-24(32)22-12-20(8-9-27-22)34-19-6-7-23-21(11-19)31-25(35-23)30-16-4-2-15(26)3-5-16/h2-9,11-12,17-18,28H,10,13-14H2,1H3,(H,29,32)(H,30,31)/t17-,18-/m1/s1. The van der Waals surface area contributed by atoms with Gasteiger partial charge in [-0.25, -0.2) is 4.98 Å². The summed E-state index contributed by atoms with van der Waals surface area (Å²) >= 11 is 5.02. The number of hydrogen-bond donors (Lipinski definition) is 3. The summed E-state index contributed by atoms with van der Waals surface area (Å²) in [5.74, 6) is 0.951. The predicted octanol–water partition coefficient (Wildman–Crippen LogP) is 5.10. The van der Waals surface area contributed by atoms with E-state index in [0.717, 1.165) is 31.9 Å². The van der Waals surface area contributed by atoms with Gasteiger partial charge in [0.2, 0.25) is 0 Å². The van der Waals surface area contributed by atoms with Crippen LogP contribution in [0.3, 0.4) is 0 Å². The van der Waals surface area contributed by atoms with Gasteiger partial charge < -0.3 is 25.4 Å². The van der Waals surface area contributed by atoms with E-state index in [0.29, 0.717) is 30.3 Å². The maximum atomic E-state index is 12.7. The first-order valence-corrected chi connectivity index (χ1v) is 12.8. The number of benzene rings is 2. The molecule has 3 N–H and O–H groups in total. The zero-order valence-electron chi connectivity index (χ0n) is 19.0. The van der Waals surface area contributed by atoms with Gasteiger partial charge in [-0.2, -0.15) is 0 Å². The summed E-state index contributed by atoms with van der Waals surface area (Å²) in [6.07, 6.45) is 2.40. The Morgan fingerprint density at radius 3 is 2.83 bits per heavy atom. The third kappa shape index (κ3) is 5.96. The Labute approximate surface area is 215 Å². The molecule has 3 heterocycles. The van der Waals surface area contributed by atoms with Crippen molar-refractivity contribution in [2.45, 2.75) is 18.5 Å². The van der Waals surface area contributed by atoms with Gasteiger partial charge in [0.15, 0.2) is 5.13 Å². The van der Waals surface area contributed by atoms with E-state index >= 15 is 0 Å². The fraction of sp³-hybridized carbons (Fsp3) is 0.240. The molecule has 0 unspecified atom stereocenters. The van der Waals surface area contributed by atoms with Gasteiger partial charge in [0.1, 0.15) is 17.2 Å². The molecule has 5 rings (SSSR count). The quantitative estimate of drug-likeness (QED) is 0.279. The van der Waals surface area contributed by atoms with E-state index in [4.69, 9.17) is 9.47 Å². The summed E-state index contributed by atoms with van der Waals surface area (Å²) < 4.78 is 13.3. The summed E-state index contributed by atoms with van der Waals surface area (Å²) in [5.41, 5.74) is 2.11. The number of rotatable bonds is 8. The van der Waals surface area contributed by atoms with Crippen molar-refractivity contribution in [3.05, 3.63) is 71.0 Å². The molecule has 0 spiro atoms. The van der Waals surface area contributed by atoms with Gasteiger partial charge in [0.05, 0.1) is 16.8 Å². The summed E-state index contributed by atoms with van der Waals surface area (Å²) in [6.45, 7) is 1.33. The molecule has 1 aliphatic rings. The molecular formula is C25H24BrN5O3S. The number of hydrogen-bond acceptors (Lipinski definition) is 8. The van der Waals surface area contributed by atoms with Crippen LogP contribution in [0.1, 0.15) is 16.9 Å². The normalized spacial score (nSPS) is 17.4. The smallest absolute Gasteiger partial charge is 0.270 e. The second kappa shape index (κ2) is 10.7. The molecule has 0 radical (unpaired) electrons. The first kappa shape index (κ1) is 23.7. The minimum absolute atomic E-state index is 0.0429. The number of pyridine rings is 1. The van der Waals surface area contributed by atoms with Crippen LogP contribution in [0.4, 0.5) is 10.8 Å². The number of methoxy groups -OCH3 is 1. The van der Waals surface area contributed by atoms with E-state index < -0.39 is 0 Å². The summed E-state index contributed by atoms with van der Waals surface area (Å²) in [7, 11) is 1.68. The highest BCUT2D eigenvalue weighted by Gasteiger charge is 2.25. The second-order valence-electron chi connectivity index (χ2n) is 8.23. The molecule has 8 nitrogen and oxygen atoms in total. The zero-order chi connectivity index (χ0) is 24.2. The fourth-order valence-corrected chi connectivity index (χ4v) is 5.06. The molecule has 1 saturated heterocycles. The number of aromatic nitrogens is 2. The Balaban J connectivity index is 1.24. The van der Waals surface area contributed by atoms with Crippen molar-refractivity contribution in [1.29, 1.82) is 0 Å². The van der Waals surface area contributed by atoms with Crippen LogP contribution in [-0.4, -0.2) is 48.2 Å². The Morgan fingerprint density at radius 2 is 2.00 bits per heavy atom. The Hall–Kier alpha value is -3.05. The Bertz CT molecular complexity index is 1330. The van der Waals surface area contributed by atoms with Gasteiger partial charge >= 0.3 is 0 Å². The molecule has 1 fully saturated rings. The fourth-order valence-electron chi connectivity index (χ4n) is 3.93. The van der Waals surface area contributed by atoms with Crippen LogP contribution in [0.5, 0.6) is 11.5 Å². The molecular weight excluding hydrogens is 530 g/mol. The van der Waals surface area contributed by atoms with E-state index in [1.54, 1.807) is 36.8 Å². The van der Waals surface area contributed by atoms with Crippen molar-refractivity contribution < 1.29 is 14.3 Å². The lowest BCUT2D eigenvalue weighted by Crippen LogP contribution is -2.36. The van der Waals surface area contributed by atoms with Crippen molar-refractivity contribution in [2.75, 3.05) is 25.6 Å². The molecule has 2 aromatic heterocycles. The van der Waals surface area contributed by atoms with Crippen LogP contribution in [-0.2, 0) is 4.74 Å². The molecule has 10 heteroatoms. The lowest BCUT2D eigenvalue weighted by atomic mass is 10.2. The van der Waals surface area contributed by atoms with Gasteiger partial charge in [0, 0.05) is 54.2 Å². The number of thiazole rings is 1. The predicted molar refractivity (Wildman–Crippen MR) is 141 cm³/mol. The molecule has 1 amide bonds. The molecule has 0 aliphatic carbocycles. The number of nitrogens with one attached hydrogen (secondary N) is 3. The molecule has 2 atom stereocenters. The highest BCUT2D eigenvalue weighted by Crippen LogP contribution is 2.32. The number of carbonyl (C=O) groups excluding carboxylic acids is 1. The number of anilines is 2. The third-order valence-corrected chi connectivity index (χ3v) is 7.06.